The van der Waals surface area contributed by atoms with Gasteiger partial charge in [-0.1, -0.05) is 60.2 Å². The maximum Gasteiger partial charge on any atom is 0.325 e. The van der Waals surface area contributed by atoms with Crippen LogP contribution in [0.5, 0.6) is 0 Å². The molecule has 3 rings (SSSR count). The maximum absolute atomic E-state index is 12.8. The van der Waals surface area contributed by atoms with Gasteiger partial charge in [0.1, 0.15) is 5.54 Å². The zero-order valence-corrected chi connectivity index (χ0v) is 13.6. The Morgan fingerprint density at radius 2 is 1.67 bits per heavy atom. The number of hydrogen-bond acceptors (Lipinski definition) is 3. The number of Topliss-reactive ketones (excluding diaryl/α,β-unsaturated/α-hetero) is 1. The normalized spacial score (nSPS) is 20.2. The standard InChI is InChI=1S/C19H18N2O3/c1-13-8-10-15(11-9-13)19(2)17(23)21(18(24)20-19)12-16(22)14-6-4-3-5-7-14/h3-11H,12H2,1-2H3,(H,20,24). The van der Waals surface area contributed by atoms with Crippen molar-refractivity contribution in [1.82, 2.24) is 10.2 Å². The molecule has 1 atom stereocenters. The van der Waals surface area contributed by atoms with Gasteiger partial charge in [0, 0.05) is 5.56 Å². The van der Waals surface area contributed by atoms with E-state index in [1.807, 2.05) is 31.2 Å². The van der Waals surface area contributed by atoms with E-state index in [1.54, 1.807) is 37.3 Å². The average molecular weight is 322 g/mol. The molecule has 2 aromatic carbocycles. The summed E-state index contributed by atoms with van der Waals surface area (Å²) in [5, 5.41) is 2.71. The van der Waals surface area contributed by atoms with Crippen LogP contribution in [-0.2, 0) is 10.3 Å². The van der Waals surface area contributed by atoms with Gasteiger partial charge >= 0.3 is 6.03 Å². The van der Waals surface area contributed by atoms with Crippen LogP contribution in [0.25, 0.3) is 0 Å². The number of amides is 3. The smallest absolute Gasteiger partial charge is 0.319 e. The van der Waals surface area contributed by atoms with Gasteiger partial charge in [0.05, 0.1) is 6.54 Å². The molecule has 1 saturated heterocycles. The fraction of sp³-hybridized carbons (Fsp3) is 0.211. The Morgan fingerprint density at radius 3 is 2.29 bits per heavy atom. The molecule has 3 amide bonds. The second-order valence-corrected chi connectivity index (χ2v) is 6.10. The zero-order valence-electron chi connectivity index (χ0n) is 13.6. The molecule has 1 fully saturated rings. The van der Waals surface area contributed by atoms with E-state index < -0.39 is 17.5 Å². The topological polar surface area (TPSA) is 66.5 Å². The second-order valence-electron chi connectivity index (χ2n) is 6.10. The Morgan fingerprint density at radius 1 is 1.04 bits per heavy atom. The maximum atomic E-state index is 12.8. The number of benzene rings is 2. The highest BCUT2D eigenvalue weighted by molar-refractivity contribution is 6.11. The summed E-state index contributed by atoms with van der Waals surface area (Å²) < 4.78 is 0. The number of hydrogen-bond donors (Lipinski definition) is 1. The van der Waals surface area contributed by atoms with Crippen molar-refractivity contribution >= 4 is 17.7 Å². The molecule has 5 nitrogen and oxygen atoms in total. The first-order valence-electron chi connectivity index (χ1n) is 7.71. The number of ketones is 1. The Bertz CT molecular complexity index is 799. The van der Waals surface area contributed by atoms with Crippen molar-refractivity contribution in [3.8, 4) is 0 Å². The summed E-state index contributed by atoms with van der Waals surface area (Å²) in [5.41, 5.74) is 1.08. The molecule has 5 heteroatoms. The Hall–Kier alpha value is -2.95. The van der Waals surface area contributed by atoms with Crippen molar-refractivity contribution in [2.24, 2.45) is 0 Å². The molecule has 24 heavy (non-hydrogen) atoms. The molecule has 1 aliphatic rings. The van der Waals surface area contributed by atoms with Gasteiger partial charge in [0.15, 0.2) is 5.78 Å². The van der Waals surface area contributed by atoms with E-state index in [-0.39, 0.29) is 12.3 Å². The number of carbonyl (C=O) groups is 3. The molecule has 1 N–H and O–H groups in total. The van der Waals surface area contributed by atoms with Crippen LogP contribution in [0.4, 0.5) is 4.79 Å². The lowest BCUT2D eigenvalue weighted by Gasteiger charge is -2.22. The molecule has 0 radical (unpaired) electrons. The second kappa shape index (κ2) is 5.92. The number of urea groups is 1. The molecule has 1 aliphatic heterocycles. The van der Waals surface area contributed by atoms with Gasteiger partial charge in [-0.2, -0.15) is 0 Å². The van der Waals surface area contributed by atoms with Gasteiger partial charge in [-0.3, -0.25) is 14.5 Å². The van der Waals surface area contributed by atoms with Crippen molar-refractivity contribution < 1.29 is 14.4 Å². The first kappa shape index (κ1) is 15.9. The van der Waals surface area contributed by atoms with Crippen molar-refractivity contribution in [3.05, 3.63) is 71.3 Å². The van der Waals surface area contributed by atoms with Gasteiger partial charge in [-0.25, -0.2) is 4.79 Å². The van der Waals surface area contributed by atoms with Crippen molar-refractivity contribution in [2.75, 3.05) is 6.54 Å². The fourth-order valence-corrected chi connectivity index (χ4v) is 2.78. The molecule has 1 heterocycles. The van der Waals surface area contributed by atoms with Gasteiger partial charge < -0.3 is 5.32 Å². The highest BCUT2D eigenvalue weighted by Gasteiger charge is 2.49. The van der Waals surface area contributed by atoms with Crippen LogP contribution in [0.2, 0.25) is 0 Å². The van der Waals surface area contributed by atoms with Crippen LogP contribution in [0, 0.1) is 6.92 Å². The summed E-state index contributed by atoms with van der Waals surface area (Å²) in [5.74, 6) is -0.687. The number of nitrogens with zero attached hydrogens (tertiary/aromatic N) is 1. The van der Waals surface area contributed by atoms with E-state index in [0.717, 1.165) is 10.5 Å². The first-order chi connectivity index (χ1) is 11.4. The highest BCUT2D eigenvalue weighted by Crippen LogP contribution is 2.29. The number of aryl methyl sites for hydroxylation is 1. The molecule has 2 aromatic rings. The minimum atomic E-state index is -1.15. The number of carbonyl (C=O) groups excluding carboxylic acids is 3. The van der Waals surface area contributed by atoms with Crippen LogP contribution in [-0.4, -0.2) is 29.2 Å². The molecule has 1 unspecified atom stereocenters. The fourth-order valence-electron chi connectivity index (χ4n) is 2.78. The predicted molar refractivity (Wildman–Crippen MR) is 89.5 cm³/mol. The third-order valence-electron chi connectivity index (χ3n) is 4.30. The van der Waals surface area contributed by atoms with Crippen LogP contribution in [0.1, 0.15) is 28.4 Å². The molecule has 0 spiro atoms. The van der Waals surface area contributed by atoms with Crippen LogP contribution >= 0.6 is 0 Å². The van der Waals surface area contributed by atoms with E-state index in [2.05, 4.69) is 5.32 Å². The summed E-state index contributed by atoms with van der Waals surface area (Å²) in [7, 11) is 0. The zero-order chi connectivity index (χ0) is 17.3. The lowest BCUT2D eigenvalue weighted by molar-refractivity contribution is -0.130. The molecule has 0 aliphatic carbocycles. The molecule has 122 valence electrons. The lowest BCUT2D eigenvalue weighted by Crippen LogP contribution is -2.41. The molecule has 0 bridgehead atoms. The number of rotatable bonds is 4. The van der Waals surface area contributed by atoms with Crippen LogP contribution < -0.4 is 5.32 Å². The van der Waals surface area contributed by atoms with E-state index in [0.29, 0.717) is 11.1 Å². The minimum absolute atomic E-state index is 0.268. The minimum Gasteiger partial charge on any atom is -0.319 e. The molecule has 0 saturated carbocycles. The van der Waals surface area contributed by atoms with Gasteiger partial charge in [0.2, 0.25) is 0 Å². The largest absolute Gasteiger partial charge is 0.325 e. The lowest BCUT2D eigenvalue weighted by atomic mass is 9.91. The first-order valence-corrected chi connectivity index (χ1v) is 7.71. The van der Waals surface area contributed by atoms with Crippen molar-refractivity contribution in [2.45, 2.75) is 19.4 Å². The van der Waals surface area contributed by atoms with Crippen LogP contribution in [0.3, 0.4) is 0 Å². The Labute approximate surface area is 140 Å². The van der Waals surface area contributed by atoms with Gasteiger partial charge in [0.25, 0.3) is 5.91 Å². The Kier molecular flexibility index (Phi) is 3.93. The van der Waals surface area contributed by atoms with E-state index in [9.17, 15) is 14.4 Å². The van der Waals surface area contributed by atoms with Crippen molar-refractivity contribution in [3.63, 3.8) is 0 Å². The van der Waals surface area contributed by atoms with E-state index in [1.165, 1.54) is 0 Å². The summed E-state index contributed by atoms with van der Waals surface area (Å²) >= 11 is 0. The summed E-state index contributed by atoms with van der Waals surface area (Å²) in [4.78, 5) is 38.3. The summed E-state index contributed by atoms with van der Waals surface area (Å²) in [6.07, 6.45) is 0. The van der Waals surface area contributed by atoms with E-state index in [4.69, 9.17) is 0 Å². The van der Waals surface area contributed by atoms with Gasteiger partial charge in [-0.15, -0.1) is 0 Å². The SMILES string of the molecule is Cc1ccc(C2(C)NC(=O)N(CC(=O)c3ccccc3)C2=O)cc1. The quantitative estimate of drug-likeness (QED) is 0.695. The molecular formula is C19H18N2O3. The van der Waals surface area contributed by atoms with Gasteiger partial charge in [-0.05, 0) is 19.4 Å². The van der Waals surface area contributed by atoms with Crippen molar-refractivity contribution in [1.29, 1.82) is 0 Å². The summed E-state index contributed by atoms with van der Waals surface area (Å²) in [6, 6.07) is 15.5. The third-order valence-corrected chi connectivity index (χ3v) is 4.30. The third kappa shape index (κ3) is 2.69. The van der Waals surface area contributed by atoms with E-state index >= 15 is 0 Å². The average Bonchev–Trinajstić information content (AvgIpc) is 2.80. The monoisotopic (exact) mass is 322 g/mol. The number of imide groups is 1. The number of nitrogens with one attached hydrogen (secondary N) is 1. The summed E-state index contributed by atoms with van der Waals surface area (Å²) in [6.45, 7) is 3.34. The predicted octanol–water partition coefficient (Wildman–Crippen LogP) is 2.64. The Balaban J connectivity index is 1.84. The highest BCUT2D eigenvalue weighted by atomic mass is 16.2. The molecular weight excluding hydrogens is 304 g/mol. The molecule has 0 aromatic heterocycles. The van der Waals surface area contributed by atoms with Crippen LogP contribution in [0.15, 0.2) is 54.6 Å².